The molecule has 2 saturated heterocycles. The predicted octanol–water partition coefficient (Wildman–Crippen LogP) is 0.293. The first-order chi connectivity index (χ1) is 13.5. The van der Waals surface area contributed by atoms with E-state index in [1.165, 1.54) is 10.5 Å². The normalized spacial score (nSPS) is 27.1. The Balaban J connectivity index is 1.32. The molecular formula is C19H27N4O3S2+. The van der Waals surface area contributed by atoms with Gasteiger partial charge in [0.1, 0.15) is 31.6 Å². The molecular weight excluding hydrogens is 396 g/mol. The maximum Gasteiger partial charge on any atom is 0.191 e. The van der Waals surface area contributed by atoms with Gasteiger partial charge in [0, 0.05) is 24.3 Å². The number of rotatable bonds is 6. The van der Waals surface area contributed by atoms with Crippen LogP contribution in [0.25, 0.3) is 0 Å². The second-order valence-corrected chi connectivity index (χ2v) is 10.9. The van der Waals surface area contributed by atoms with E-state index in [1.807, 2.05) is 17.7 Å². The lowest BCUT2D eigenvalue weighted by molar-refractivity contribution is -0.924. The van der Waals surface area contributed by atoms with Gasteiger partial charge in [0.2, 0.25) is 0 Å². The van der Waals surface area contributed by atoms with Crippen LogP contribution in [0, 0.1) is 0 Å². The fourth-order valence-electron chi connectivity index (χ4n) is 3.98. The van der Waals surface area contributed by atoms with Crippen LogP contribution in [-0.2, 0) is 28.2 Å². The zero-order valence-corrected chi connectivity index (χ0v) is 17.7. The monoisotopic (exact) mass is 423 g/mol. The van der Waals surface area contributed by atoms with Crippen molar-refractivity contribution in [3.05, 3.63) is 41.7 Å². The highest BCUT2D eigenvalue weighted by atomic mass is 32.2. The first kappa shape index (κ1) is 19.9. The number of morpholine rings is 1. The summed E-state index contributed by atoms with van der Waals surface area (Å²) < 4.78 is 31.4. The molecule has 152 valence electrons. The van der Waals surface area contributed by atoms with Gasteiger partial charge in [-0.1, -0.05) is 42.1 Å². The van der Waals surface area contributed by atoms with Gasteiger partial charge >= 0.3 is 0 Å². The molecule has 2 fully saturated rings. The summed E-state index contributed by atoms with van der Waals surface area (Å²) in [6.45, 7) is 3.81. The Labute approximate surface area is 170 Å². The van der Waals surface area contributed by atoms with E-state index in [4.69, 9.17) is 4.74 Å². The van der Waals surface area contributed by atoms with Gasteiger partial charge in [-0.15, -0.1) is 10.2 Å². The van der Waals surface area contributed by atoms with Crippen molar-refractivity contribution in [3.63, 3.8) is 0 Å². The summed E-state index contributed by atoms with van der Waals surface area (Å²) in [5.74, 6) is 2.02. The second-order valence-electron chi connectivity index (χ2n) is 7.67. The van der Waals surface area contributed by atoms with Crippen molar-refractivity contribution in [2.75, 3.05) is 37.0 Å². The SMILES string of the molecule is Cn1c(SC[C@@H]2C[NH+](Cc3ccccc3)CCO2)nnc1[C@@H]1CCS(=O)(=O)C1. The summed E-state index contributed by atoms with van der Waals surface area (Å²) in [4.78, 5) is 1.54. The van der Waals surface area contributed by atoms with Crippen LogP contribution in [0.3, 0.4) is 0 Å². The van der Waals surface area contributed by atoms with E-state index in [1.54, 1.807) is 11.8 Å². The third-order valence-corrected chi connectivity index (χ3v) is 8.41. The minimum absolute atomic E-state index is 0.0337. The Morgan fingerprint density at radius 2 is 2.11 bits per heavy atom. The van der Waals surface area contributed by atoms with Crippen molar-refractivity contribution in [2.45, 2.75) is 30.1 Å². The van der Waals surface area contributed by atoms with Crippen LogP contribution in [0.2, 0.25) is 0 Å². The van der Waals surface area contributed by atoms with Crippen LogP contribution < -0.4 is 4.90 Å². The molecule has 1 aromatic carbocycles. The van der Waals surface area contributed by atoms with E-state index in [2.05, 4.69) is 34.5 Å². The predicted molar refractivity (Wildman–Crippen MR) is 108 cm³/mol. The highest BCUT2D eigenvalue weighted by Gasteiger charge is 2.33. The summed E-state index contributed by atoms with van der Waals surface area (Å²) in [5, 5.41) is 9.41. The van der Waals surface area contributed by atoms with Crippen molar-refractivity contribution in [3.8, 4) is 0 Å². The van der Waals surface area contributed by atoms with Crippen LogP contribution in [0.5, 0.6) is 0 Å². The Bertz CT molecular complexity index is 901. The summed E-state index contributed by atoms with van der Waals surface area (Å²) in [5.41, 5.74) is 1.36. The number of hydrogen-bond acceptors (Lipinski definition) is 6. The van der Waals surface area contributed by atoms with E-state index in [-0.39, 0.29) is 23.5 Å². The number of thioether (sulfide) groups is 1. The molecule has 0 aliphatic carbocycles. The fourth-order valence-corrected chi connectivity index (χ4v) is 6.65. The third-order valence-electron chi connectivity index (χ3n) is 5.49. The van der Waals surface area contributed by atoms with Gasteiger partial charge in [0.05, 0.1) is 18.1 Å². The van der Waals surface area contributed by atoms with Gasteiger partial charge in [-0.25, -0.2) is 8.42 Å². The minimum Gasteiger partial charge on any atom is -0.366 e. The van der Waals surface area contributed by atoms with E-state index in [0.29, 0.717) is 6.42 Å². The smallest absolute Gasteiger partial charge is 0.191 e. The molecule has 28 heavy (non-hydrogen) atoms. The number of ether oxygens (including phenoxy) is 1. The van der Waals surface area contributed by atoms with Gasteiger partial charge in [0.15, 0.2) is 15.0 Å². The van der Waals surface area contributed by atoms with Crippen LogP contribution in [0.4, 0.5) is 0 Å². The molecule has 1 aromatic heterocycles. The molecule has 1 N–H and O–H groups in total. The molecule has 4 rings (SSSR count). The molecule has 2 aromatic rings. The van der Waals surface area contributed by atoms with E-state index >= 15 is 0 Å². The average Bonchev–Trinajstić information content (AvgIpc) is 3.23. The fraction of sp³-hybridized carbons (Fsp3) is 0.579. The van der Waals surface area contributed by atoms with E-state index < -0.39 is 9.84 Å². The number of aromatic nitrogens is 3. The van der Waals surface area contributed by atoms with Crippen molar-refractivity contribution < 1.29 is 18.1 Å². The summed E-state index contributed by atoms with van der Waals surface area (Å²) in [6, 6.07) is 10.6. The minimum atomic E-state index is -2.92. The maximum absolute atomic E-state index is 11.7. The second kappa shape index (κ2) is 8.52. The molecule has 3 heterocycles. The maximum atomic E-state index is 11.7. The van der Waals surface area contributed by atoms with E-state index in [9.17, 15) is 8.42 Å². The standard InChI is InChI=1S/C19H26N4O3S2/c1-22-18(16-7-10-28(24,25)14-16)20-21-19(22)27-13-17-12-23(8-9-26-17)11-15-5-3-2-4-6-15/h2-6,16-17H,7-14H2,1H3/p+1/t16-,17+/m1/s1. The molecule has 0 amide bonds. The number of nitrogens with one attached hydrogen (secondary N) is 1. The summed E-state index contributed by atoms with van der Waals surface area (Å²) in [7, 11) is -0.995. The molecule has 2 aliphatic rings. The molecule has 0 spiro atoms. The zero-order chi connectivity index (χ0) is 19.6. The number of hydrogen-bond donors (Lipinski definition) is 1. The molecule has 3 atom stereocenters. The van der Waals surface area contributed by atoms with Crippen molar-refractivity contribution in [1.29, 1.82) is 0 Å². The number of sulfone groups is 1. The van der Waals surface area contributed by atoms with Crippen molar-refractivity contribution in [1.82, 2.24) is 14.8 Å². The molecule has 0 saturated carbocycles. The number of nitrogens with zero attached hydrogens (tertiary/aromatic N) is 3. The topological polar surface area (TPSA) is 78.5 Å². The van der Waals surface area contributed by atoms with Crippen LogP contribution in [0.1, 0.15) is 23.7 Å². The zero-order valence-electron chi connectivity index (χ0n) is 16.1. The molecule has 1 unspecified atom stereocenters. The van der Waals surface area contributed by atoms with Gasteiger partial charge in [-0.2, -0.15) is 0 Å². The molecule has 2 aliphatic heterocycles. The number of benzene rings is 1. The Hall–Kier alpha value is -1.42. The first-order valence-electron chi connectivity index (χ1n) is 9.72. The van der Waals surface area contributed by atoms with E-state index in [0.717, 1.165) is 43.0 Å². The van der Waals surface area contributed by atoms with Crippen LogP contribution >= 0.6 is 11.8 Å². The van der Waals surface area contributed by atoms with Gasteiger partial charge in [-0.05, 0) is 6.42 Å². The largest absolute Gasteiger partial charge is 0.366 e. The Morgan fingerprint density at radius 1 is 1.29 bits per heavy atom. The lowest BCUT2D eigenvalue weighted by atomic mass is 10.1. The van der Waals surface area contributed by atoms with Gasteiger partial charge in [-0.3, -0.25) is 0 Å². The number of quaternary nitrogens is 1. The lowest BCUT2D eigenvalue weighted by Crippen LogP contribution is -3.13. The molecule has 0 bridgehead atoms. The quantitative estimate of drug-likeness (QED) is 0.673. The highest BCUT2D eigenvalue weighted by molar-refractivity contribution is 7.99. The molecule has 7 nitrogen and oxygen atoms in total. The lowest BCUT2D eigenvalue weighted by Gasteiger charge is -2.30. The molecule has 0 radical (unpaired) electrons. The molecule has 9 heteroatoms. The van der Waals surface area contributed by atoms with Crippen LogP contribution in [0.15, 0.2) is 35.5 Å². The van der Waals surface area contributed by atoms with Crippen molar-refractivity contribution >= 4 is 21.6 Å². The van der Waals surface area contributed by atoms with Gasteiger partial charge < -0.3 is 14.2 Å². The van der Waals surface area contributed by atoms with Crippen molar-refractivity contribution in [2.24, 2.45) is 7.05 Å². The Kier molecular flexibility index (Phi) is 6.05. The van der Waals surface area contributed by atoms with Gasteiger partial charge in [0.25, 0.3) is 0 Å². The Morgan fingerprint density at radius 3 is 2.86 bits per heavy atom. The average molecular weight is 424 g/mol. The summed E-state index contributed by atoms with van der Waals surface area (Å²) in [6.07, 6.45) is 0.826. The summed E-state index contributed by atoms with van der Waals surface area (Å²) >= 11 is 1.64. The first-order valence-corrected chi connectivity index (χ1v) is 12.5. The third kappa shape index (κ3) is 4.76. The van der Waals surface area contributed by atoms with Crippen LogP contribution in [-0.4, -0.2) is 66.2 Å². The highest BCUT2D eigenvalue weighted by Crippen LogP contribution is 2.29.